The molecule has 0 unspecified atom stereocenters. The highest BCUT2D eigenvalue weighted by Gasteiger charge is 2.29. The number of anilines is 1. The van der Waals surface area contributed by atoms with Gasteiger partial charge in [0.2, 0.25) is 5.91 Å². The monoisotopic (exact) mass is 309 g/mol. The van der Waals surface area contributed by atoms with Crippen LogP contribution in [0, 0.1) is 5.92 Å². The SMILES string of the molecule is CC(C)(C)NC(=O)C1CCN(C(=O)Nc2cccs2)CC1. The lowest BCUT2D eigenvalue weighted by Crippen LogP contribution is -2.48. The summed E-state index contributed by atoms with van der Waals surface area (Å²) in [7, 11) is 0. The molecular weight excluding hydrogens is 286 g/mol. The molecule has 3 amide bonds. The fraction of sp³-hybridized carbons (Fsp3) is 0.600. The van der Waals surface area contributed by atoms with Crippen LogP contribution in [0.3, 0.4) is 0 Å². The Bertz CT molecular complexity index is 486. The molecule has 2 heterocycles. The Labute approximate surface area is 129 Å². The predicted molar refractivity (Wildman–Crippen MR) is 85.5 cm³/mol. The van der Waals surface area contributed by atoms with Crippen molar-refractivity contribution in [3.8, 4) is 0 Å². The lowest BCUT2D eigenvalue weighted by molar-refractivity contribution is -0.127. The maximum Gasteiger partial charge on any atom is 0.322 e. The van der Waals surface area contributed by atoms with Crippen LogP contribution in [-0.2, 0) is 4.79 Å². The van der Waals surface area contributed by atoms with Gasteiger partial charge in [0.15, 0.2) is 0 Å². The molecule has 0 atom stereocenters. The van der Waals surface area contributed by atoms with Gasteiger partial charge in [-0.1, -0.05) is 0 Å². The quantitative estimate of drug-likeness (QED) is 0.882. The molecule has 0 bridgehead atoms. The summed E-state index contributed by atoms with van der Waals surface area (Å²) in [5.41, 5.74) is -0.204. The first-order valence-corrected chi connectivity index (χ1v) is 8.14. The smallest absolute Gasteiger partial charge is 0.322 e. The summed E-state index contributed by atoms with van der Waals surface area (Å²) in [6.45, 7) is 7.19. The van der Waals surface area contributed by atoms with E-state index in [0.29, 0.717) is 13.1 Å². The van der Waals surface area contributed by atoms with Gasteiger partial charge in [-0.2, -0.15) is 0 Å². The highest BCUT2D eigenvalue weighted by molar-refractivity contribution is 7.14. The van der Waals surface area contributed by atoms with Gasteiger partial charge in [-0.15, -0.1) is 11.3 Å². The van der Waals surface area contributed by atoms with Crippen molar-refractivity contribution in [3.63, 3.8) is 0 Å². The molecule has 0 radical (unpaired) electrons. The molecular formula is C15H23N3O2S. The first-order chi connectivity index (χ1) is 9.85. The summed E-state index contributed by atoms with van der Waals surface area (Å²) >= 11 is 1.50. The second-order valence-electron chi connectivity index (χ2n) is 6.41. The lowest BCUT2D eigenvalue weighted by atomic mass is 9.95. The third-order valence-corrected chi connectivity index (χ3v) is 4.19. The molecule has 1 aliphatic rings. The normalized spacial score (nSPS) is 16.6. The Kier molecular flexibility index (Phi) is 4.88. The number of amides is 3. The van der Waals surface area contributed by atoms with Gasteiger partial charge >= 0.3 is 6.03 Å². The molecule has 0 saturated carbocycles. The van der Waals surface area contributed by atoms with Crippen LogP contribution >= 0.6 is 11.3 Å². The van der Waals surface area contributed by atoms with E-state index < -0.39 is 0 Å². The van der Waals surface area contributed by atoms with Crippen molar-refractivity contribution in [1.29, 1.82) is 0 Å². The van der Waals surface area contributed by atoms with Crippen LogP contribution in [0.5, 0.6) is 0 Å². The van der Waals surface area contributed by atoms with Crippen molar-refractivity contribution >= 4 is 28.3 Å². The molecule has 2 rings (SSSR count). The number of likely N-dealkylation sites (tertiary alicyclic amines) is 1. The molecule has 1 aromatic rings. The zero-order chi connectivity index (χ0) is 15.5. The molecule has 5 nitrogen and oxygen atoms in total. The largest absolute Gasteiger partial charge is 0.351 e. The number of hydrogen-bond acceptors (Lipinski definition) is 3. The minimum Gasteiger partial charge on any atom is -0.351 e. The van der Waals surface area contributed by atoms with E-state index in [1.807, 2.05) is 38.3 Å². The van der Waals surface area contributed by atoms with Crippen LogP contribution in [0.2, 0.25) is 0 Å². The Morgan fingerprint density at radius 1 is 1.29 bits per heavy atom. The number of thiophene rings is 1. The average molecular weight is 309 g/mol. The fourth-order valence-corrected chi connectivity index (χ4v) is 2.96. The second-order valence-corrected chi connectivity index (χ2v) is 7.36. The molecule has 1 fully saturated rings. The van der Waals surface area contributed by atoms with Gasteiger partial charge in [-0.3, -0.25) is 10.1 Å². The number of nitrogens with one attached hydrogen (secondary N) is 2. The number of hydrogen-bond donors (Lipinski definition) is 2. The summed E-state index contributed by atoms with van der Waals surface area (Å²) in [6, 6.07) is 3.71. The van der Waals surface area contributed by atoms with Crippen LogP contribution in [0.25, 0.3) is 0 Å². The van der Waals surface area contributed by atoms with Gasteiger partial charge in [0, 0.05) is 24.5 Å². The van der Waals surface area contributed by atoms with E-state index >= 15 is 0 Å². The summed E-state index contributed by atoms with van der Waals surface area (Å²) in [6.07, 6.45) is 1.44. The molecule has 6 heteroatoms. The van der Waals surface area contributed by atoms with Crippen molar-refractivity contribution in [2.45, 2.75) is 39.2 Å². The van der Waals surface area contributed by atoms with E-state index in [9.17, 15) is 9.59 Å². The molecule has 21 heavy (non-hydrogen) atoms. The van der Waals surface area contributed by atoms with E-state index in [4.69, 9.17) is 0 Å². The molecule has 1 aromatic heterocycles. The highest BCUT2D eigenvalue weighted by atomic mass is 32.1. The van der Waals surface area contributed by atoms with E-state index in [1.165, 1.54) is 11.3 Å². The topological polar surface area (TPSA) is 61.4 Å². The van der Waals surface area contributed by atoms with Gasteiger partial charge in [0.1, 0.15) is 0 Å². The van der Waals surface area contributed by atoms with Crippen LogP contribution in [0.4, 0.5) is 9.80 Å². The zero-order valence-corrected chi connectivity index (χ0v) is 13.6. The molecule has 116 valence electrons. The Morgan fingerprint density at radius 3 is 2.48 bits per heavy atom. The Hall–Kier alpha value is -1.56. The van der Waals surface area contributed by atoms with E-state index in [0.717, 1.165) is 17.8 Å². The Morgan fingerprint density at radius 2 is 1.95 bits per heavy atom. The van der Waals surface area contributed by atoms with Crippen molar-refractivity contribution in [2.24, 2.45) is 5.92 Å². The lowest BCUT2D eigenvalue weighted by Gasteiger charge is -2.32. The van der Waals surface area contributed by atoms with Crippen molar-refractivity contribution in [1.82, 2.24) is 10.2 Å². The van der Waals surface area contributed by atoms with Crippen molar-refractivity contribution in [3.05, 3.63) is 17.5 Å². The zero-order valence-electron chi connectivity index (χ0n) is 12.8. The maximum absolute atomic E-state index is 12.1. The van der Waals surface area contributed by atoms with Crippen molar-refractivity contribution < 1.29 is 9.59 Å². The Balaban J connectivity index is 1.80. The molecule has 1 aliphatic heterocycles. The van der Waals surface area contributed by atoms with E-state index in [2.05, 4.69) is 10.6 Å². The number of rotatable bonds is 2. The van der Waals surface area contributed by atoms with E-state index in [1.54, 1.807) is 4.90 Å². The third-order valence-electron chi connectivity index (χ3n) is 3.40. The highest BCUT2D eigenvalue weighted by Crippen LogP contribution is 2.21. The number of urea groups is 1. The van der Waals surface area contributed by atoms with Gasteiger partial charge in [-0.25, -0.2) is 4.79 Å². The standard InChI is InChI=1S/C15H23N3O2S/c1-15(2,3)17-13(19)11-6-8-18(9-7-11)14(20)16-12-5-4-10-21-12/h4-5,10-11H,6-9H2,1-3H3,(H,16,20)(H,17,19). The number of piperidine rings is 1. The molecule has 0 aromatic carbocycles. The average Bonchev–Trinajstić information content (AvgIpc) is 2.90. The molecule has 2 N–H and O–H groups in total. The maximum atomic E-state index is 12.1. The third kappa shape index (κ3) is 4.74. The van der Waals surface area contributed by atoms with E-state index in [-0.39, 0.29) is 23.4 Å². The summed E-state index contributed by atoms with van der Waals surface area (Å²) in [4.78, 5) is 26.0. The minimum absolute atomic E-state index is 0.00927. The summed E-state index contributed by atoms with van der Waals surface area (Å²) in [5.74, 6) is 0.107. The number of carbonyl (C=O) groups excluding carboxylic acids is 2. The molecule has 0 aliphatic carbocycles. The van der Waals surface area contributed by atoms with Gasteiger partial charge in [0.05, 0.1) is 5.00 Å². The van der Waals surface area contributed by atoms with Crippen LogP contribution in [-0.4, -0.2) is 35.5 Å². The first-order valence-electron chi connectivity index (χ1n) is 7.26. The summed E-state index contributed by atoms with van der Waals surface area (Å²) < 4.78 is 0. The molecule has 1 saturated heterocycles. The number of nitrogens with zero attached hydrogens (tertiary/aromatic N) is 1. The summed E-state index contributed by atoms with van der Waals surface area (Å²) in [5, 5.41) is 8.68. The van der Waals surface area contributed by atoms with Crippen LogP contribution in [0.1, 0.15) is 33.6 Å². The molecule has 0 spiro atoms. The van der Waals surface area contributed by atoms with Gasteiger partial charge in [-0.05, 0) is 51.1 Å². The van der Waals surface area contributed by atoms with Crippen LogP contribution < -0.4 is 10.6 Å². The van der Waals surface area contributed by atoms with Gasteiger partial charge in [0.25, 0.3) is 0 Å². The second kappa shape index (κ2) is 6.47. The fourth-order valence-electron chi connectivity index (χ4n) is 2.35. The minimum atomic E-state index is -0.204. The number of carbonyl (C=O) groups is 2. The first kappa shape index (κ1) is 15.8. The van der Waals surface area contributed by atoms with Gasteiger partial charge < -0.3 is 10.2 Å². The predicted octanol–water partition coefficient (Wildman–Crippen LogP) is 2.91. The van der Waals surface area contributed by atoms with Crippen molar-refractivity contribution in [2.75, 3.05) is 18.4 Å². The van der Waals surface area contributed by atoms with Crippen LogP contribution in [0.15, 0.2) is 17.5 Å².